The maximum absolute atomic E-state index is 13.4. The van der Waals surface area contributed by atoms with Crippen LogP contribution in [0.2, 0.25) is 0 Å². The largest absolute Gasteiger partial charge is 0.493 e. The van der Waals surface area contributed by atoms with Crippen LogP contribution in [0.15, 0.2) is 48.2 Å². The smallest absolute Gasteiger partial charge is 0.232 e. The molecule has 2 aliphatic rings. The zero-order valence-corrected chi connectivity index (χ0v) is 21.2. The standard InChI is InChI=1S/C29H28FNO6/c1-17-11-22-21(15-31(16-36-22)10-9-18-5-7-20(30)8-6-18)28-26(17)27(32)23(37-28)12-19-13-24(33-2)29(35-4)25(14-19)34-3/h5-8,11-14H,9-10,15-16H2,1-4H3/b23-12+. The number of methoxy groups -OCH3 is 3. The first-order valence-electron chi connectivity index (χ1n) is 11.9. The fourth-order valence-electron chi connectivity index (χ4n) is 4.69. The van der Waals surface area contributed by atoms with Crippen molar-refractivity contribution in [2.45, 2.75) is 19.9 Å². The zero-order chi connectivity index (χ0) is 26.1. The third-order valence-corrected chi connectivity index (χ3v) is 6.60. The van der Waals surface area contributed by atoms with Crippen LogP contribution in [0, 0.1) is 12.7 Å². The lowest BCUT2D eigenvalue weighted by Gasteiger charge is -2.30. The van der Waals surface area contributed by atoms with E-state index in [1.807, 2.05) is 13.0 Å². The molecular formula is C29H28FNO6. The van der Waals surface area contributed by atoms with E-state index >= 15 is 0 Å². The molecule has 7 nitrogen and oxygen atoms in total. The van der Waals surface area contributed by atoms with Gasteiger partial charge in [0.05, 0.1) is 32.5 Å². The van der Waals surface area contributed by atoms with Crippen molar-refractivity contribution in [3.05, 3.63) is 81.9 Å². The van der Waals surface area contributed by atoms with Crippen LogP contribution < -0.4 is 23.7 Å². The maximum atomic E-state index is 13.4. The number of fused-ring (bicyclic) bond motifs is 3. The molecule has 0 aliphatic carbocycles. The SMILES string of the molecule is COc1cc(/C=C2/Oc3c4c(cc(C)c3C2=O)OCN(CCc2ccc(F)cc2)C4)cc(OC)c1OC. The quantitative estimate of drug-likeness (QED) is 0.411. The van der Waals surface area contributed by atoms with Crippen LogP contribution in [0.3, 0.4) is 0 Å². The normalized spacial score (nSPS) is 15.6. The van der Waals surface area contributed by atoms with Gasteiger partial charge in [0, 0.05) is 13.1 Å². The van der Waals surface area contributed by atoms with E-state index in [1.165, 1.54) is 19.2 Å². The summed E-state index contributed by atoms with van der Waals surface area (Å²) >= 11 is 0. The number of allylic oxidation sites excluding steroid dienone is 1. The molecule has 0 atom stereocenters. The lowest BCUT2D eigenvalue weighted by Crippen LogP contribution is -2.33. The van der Waals surface area contributed by atoms with Crippen molar-refractivity contribution >= 4 is 11.9 Å². The van der Waals surface area contributed by atoms with E-state index < -0.39 is 0 Å². The van der Waals surface area contributed by atoms with Crippen molar-refractivity contribution in [2.75, 3.05) is 34.6 Å². The summed E-state index contributed by atoms with van der Waals surface area (Å²) in [5, 5.41) is 0. The summed E-state index contributed by atoms with van der Waals surface area (Å²) in [4.78, 5) is 15.5. The van der Waals surface area contributed by atoms with Crippen LogP contribution in [0.4, 0.5) is 4.39 Å². The first kappa shape index (κ1) is 24.6. The Hall–Kier alpha value is -4.04. The van der Waals surface area contributed by atoms with E-state index in [0.717, 1.165) is 35.4 Å². The number of rotatable bonds is 7. The Morgan fingerprint density at radius 3 is 2.38 bits per heavy atom. The lowest BCUT2D eigenvalue weighted by atomic mass is 9.98. The van der Waals surface area contributed by atoms with Gasteiger partial charge in [-0.1, -0.05) is 12.1 Å². The van der Waals surface area contributed by atoms with Gasteiger partial charge >= 0.3 is 0 Å². The van der Waals surface area contributed by atoms with Gasteiger partial charge in [0.15, 0.2) is 17.3 Å². The van der Waals surface area contributed by atoms with E-state index in [1.54, 1.807) is 44.6 Å². The molecule has 37 heavy (non-hydrogen) atoms. The minimum Gasteiger partial charge on any atom is -0.493 e. The van der Waals surface area contributed by atoms with E-state index in [0.29, 0.717) is 47.4 Å². The molecule has 2 heterocycles. The Morgan fingerprint density at radius 2 is 1.73 bits per heavy atom. The van der Waals surface area contributed by atoms with Crippen LogP contribution >= 0.6 is 0 Å². The molecule has 5 rings (SSSR count). The van der Waals surface area contributed by atoms with Gasteiger partial charge < -0.3 is 23.7 Å². The van der Waals surface area contributed by atoms with Gasteiger partial charge in [0.25, 0.3) is 0 Å². The number of hydrogen-bond donors (Lipinski definition) is 0. The predicted octanol–water partition coefficient (Wildman–Crippen LogP) is 5.17. The van der Waals surface area contributed by atoms with Crippen LogP contribution in [-0.4, -0.2) is 45.3 Å². The number of ether oxygens (including phenoxy) is 5. The fraction of sp³-hybridized carbons (Fsp3) is 0.276. The number of benzene rings is 3. The molecule has 0 saturated carbocycles. The number of aryl methyl sites for hydroxylation is 1. The lowest BCUT2D eigenvalue weighted by molar-refractivity contribution is 0.0949. The van der Waals surface area contributed by atoms with Crippen LogP contribution in [0.1, 0.15) is 32.6 Å². The Balaban J connectivity index is 1.42. The summed E-state index contributed by atoms with van der Waals surface area (Å²) in [6, 6.07) is 11.9. The van der Waals surface area contributed by atoms with E-state index in [4.69, 9.17) is 23.7 Å². The highest BCUT2D eigenvalue weighted by molar-refractivity contribution is 6.16. The summed E-state index contributed by atoms with van der Waals surface area (Å²) in [5.74, 6) is 2.46. The van der Waals surface area contributed by atoms with Gasteiger partial charge in [-0.05, 0) is 66.4 Å². The molecule has 0 aromatic heterocycles. The highest BCUT2D eigenvalue weighted by Crippen LogP contribution is 2.45. The van der Waals surface area contributed by atoms with Crippen LogP contribution in [-0.2, 0) is 13.0 Å². The summed E-state index contributed by atoms with van der Waals surface area (Å²) in [7, 11) is 4.62. The van der Waals surface area contributed by atoms with Crippen LogP contribution in [0.5, 0.6) is 28.7 Å². The summed E-state index contributed by atoms with van der Waals surface area (Å²) in [6.07, 6.45) is 2.42. The van der Waals surface area contributed by atoms with Gasteiger partial charge in [-0.3, -0.25) is 9.69 Å². The molecule has 0 bridgehead atoms. The molecule has 8 heteroatoms. The third kappa shape index (κ3) is 4.72. The summed E-state index contributed by atoms with van der Waals surface area (Å²) < 4.78 is 41.7. The molecule has 3 aromatic rings. The number of carbonyl (C=O) groups excluding carboxylic acids is 1. The average Bonchev–Trinajstić information content (AvgIpc) is 3.24. The molecule has 0 spiro atoms. The summed E-state index contributed by atoms with van der Waals surface area (Å²) in [6.45, 7) is 3.60. The first-order chi connectivity index (χ1) is 17.9. The number of halogens is 1. The molecule has 2 aliphatic heterocycles. The molecule has 3 aromatic carbocycles. The number of carbonyl (C=O) groups is 1. The third-order valence-electron chi connectivity index (χ3n) is 6.60. The second kappa shape index (κ2) is 10.1. The zero-order valence-electron chi connectivity index (χ0n) is 21.2. The first-order valence-corrected chi connectivity index (χ1v) is 11.9. The average molecular weight is 506 g/mol. The maximum Gasteiger partial charge on any atom is 0.232 e. The highest BCUT2D eigenvalue weighted by atomic mass is 19.1. The molecule has 0 unspecified atom stereocenters. The van der Waals surface area contributed by atoms with E-state index in [-0.39, 0.29) is 17.4 Å². The number of Topliss-reactive ketones (excluding diaryl/α,β-unsaturated/α-hetero) is 1. The minimum absolute atomic E-state index is 0.188. The van der Waals surface area contributed by atoms with Gasteiger partial charge in [0.2, 0.25) is 11.5 Å². The molecule has 0 amide bonds. The second-order valence-electron chi connectivity index (χ2n) is 8.98. The van der Waals surface area contributed by atoms with Crippen molar-refractivity contribution in [1.29, 1.82) is 0 Å². The number of ketones is 1. The van der Waals surface area contributed by atoms with Gasteiger partial charge in [-0.15, -0.1) is 0 Å². The molecule has 0 fully saturated rings. The monoisotopic (exact) mass is 505 g/mol. The Kier molecular flexibility index (Phi) is 6.76. The Bertz CT molecular complexity index is 1360. The molecule has 0 N–H and O–H groups in total. The van der Waals surface area contributed by atoms with Crippen LogP contribution in [0.25, 0.3) is 6.08 Å². The molecule has 0 radical (unpaired) electrons. The highest BCUT2D eigenvalue weighted by Gasteiger charge is 2.35. The van der Waals surface area contributed by atoms with Crippen molar-refractivity contribution in [3.63, 3.8) is 0 Å². The van der Waals surface area contributed by atoms with Crippen molar-refractivity contribution in [2.24, 2.45) is 0 Å². The summed E-state index contributed by atoms with van der Waals surface area (Å²) in [5.41, 5.74) is 3.90. The topological polar surface area (TPSA) is 66.5 Å². The second-order valence-corrected chi connectivity index (χ2v) is 8.98. The van der Waals surface area contributed by atoms with Crippen molar-refractivity contribution in [3.8, 4) is 28.7 Å². The van der Waals surface area contributed by atoms with Crippen molar-refractivity contribution in [1.82, 2.24) is 4.90 Å². The van der Waals surface area contributed by atoms with E-state index in [2.05, 4.69) is 4.90 Å². The van der Waals surface area contributed by atoms with Gasteiger partial charge in [0.1, 0.15) is 24.0 Å². The molecule has 0 saturated heterocycles. The molecule has 192 valence electrons. The van der Waals surface area contributed by atoms with Crippen molar-refractivity contribution < 1.29 is 32.9 Å². The number of hydrogen-bond acceptors (Lipinski definition) is 7. The predicted molar refractivity (Wildman–Crippen MR) is 136 cm³/mol. The molecular weight excluding hydrogens is 477 g/mol. The number of nitrogens with zero attached hydrogens (tertiary/aromatic N) is 1. The fourth-order valence-corrected chi connectivity index (χ4v) is 4.69. The minimum atomic E-state index is -0.248. The Labute approximate surface area is 215 Å². The Morgan fingerprint density at radius 1 is 1.03 bits per heavy atom. The van der Waals surface area contributed by atoms with E-state index in [9.17, 15) is 9.18 Å². The van der Waals surface area contributed by atoms with Gasteiger partial charge in [-0.25, -0.2) is 4.39 Å². The van der Waals surface area contributed by atoms with Gasteiger partial charge in [-0.2, -0.15) is 0 Å².